The minimum absolute atomic E-state index is 0.00459. The van der Waals surface area contributed by atoms with E-state index < -0.39 is 4.92 Å². The van der Waals surface area contributed by atoms with Crippen molar-refractivity contribution in [2.45, 2.75) is 39.2 Å². The summed E-state index contributed by atoms with van der Waals surface area (Å²) in [5.41, 5.74) is 0.244. The predicted molar refractivity (Wildman–Crippen MR) is 74.4 cm³/mol. The summed E-state index contributed by atoms with van der Waals surface area (Å²) in [7, 11) is 0. The summed E-state index contributed by atoms with van der Waals surface area (Å²) in [5, 5.41) is 10.8. The highest BCUT2D eigenvalue weighted by Gasteiger charge is 2.12. The molecule has 0 unspecified atom stereocenters. The Hall–Kier alpha value is -1.30. The van der Waals surface area contributed by atoms with Crippen LogP contribution in [0.25, 0.3) is 0 Å². The summed E-state index contributed by atoms with van der Waals surface area (Å²) in [6.07, 6.45) is 5.34. The van der Waals surface area contributed by atoms with Gasteiger partial charge in [0, 0.05) is 18.2 Å². The van der Waals surface area contributed by atoms with Crippen LogP contribution in [-0.4, -0.2) is 15.2 Å². The molecular weight excluding hydrogens is 252 g/mol. The molecule has 1 aromatic rings. The van der Waals surface area contributed by atoms with Crippen molar-refractivity contribution in [2.24, 2.45) is 0 Å². The van der Waals surface area contributed by atoms with Gasteiger partial charge in [-0.2, -0.15) is 12.6 Å². The summed E-state index contributed by atoms with van der Waals surface area (Å²) < 4.78 is 1.42. The zero-order chi connectivity index (χ0) is 13.5. The van der Waals surface area contributed by atoms with Gasteiger partial charge in [-0.3, -0.25) is 14.9 Å². The summed E-state index contributed by atoms with van der Waals surface area (Å²) in [6, 6.07) is 1.33. The molecule has 0 amide bonds. The first kappa shape index (κ1) is 14.8. The van der Waals surface area contributed by atoms with E-state index in [1.54, 1.807) is 6.92 Å². The van der Waals surface area contributed by atoms with Crippen LogP contribution in [0, 0.1) is 17.0 Å². The smallest absolute Gasteiger partial charge is 0.288 e. The Kier molecular flexibility index (Phi) is 5.91. The lowest BCUT2D eigenvalue weighted by Crippen LogP contribution is -2.20. The third kappa shape index (κ3) is 4.18. The van der Waals surface area contributed by atoms with E-state index in [0.717, 1.165) is 31.4 Å². The maximum atomic E-state index is 11.7. The Morgan fingerprint density at radius 3 is 2.61 bits per heavy atom. The molecule has 1 aromatic heterocycles. The number of aromatic nitrogens is 1. The Labute approximate surface area is 111 Å². The molecule has 0 aromatic carbocycles. The Morgan fingerprint density at radius 1 is 1.33 bits per heavy atom. The van der Waals surface area contributed by atoms with Gasteiger partial charge in [0.05, 0.1) is 11.1 Å². The topological polar surface area (TPSA) is 65.1 Å². The maximum Gasteiger partial charge on any atom is 0.288 e. The highest BCUT2D eigenvalue weighted by atomic mass is 32.1. The Balaban J connectivity index is 2.68. The highest BCUT2D eigenvalue weighted by Crippen LogP contribution is 2.14. The van der Waals surface area contributed by atoms with Gasteiger partial charge in [-0.15, -0.1) is 0 Å². The van der Waals surface area contributed by atoms with Crippen LogP contribution in [0.4, 0.5) is 5.69 Å². The molecule has 0 radical (unpaired) electrons. The van der Waals surface area contributed by atoms with E-state index in [2.05, 4.69) is 12.6 Å². The first-order chi connectivity index (χ1) is 8.56. The number of pyridine rings is 1. The fourth-order valence-corrected chi connectivity index (χ4v) is 1.99. The maximum absolute atomic E-state index is 11.7. The molecule has 0 atom stereocenters. The van der Waals surface area contributed by atoms with E-state index in [4.69, 9.17) is 0 Å². The molecule has 0 aliphatic rings. The molecule has 18 heavy (non-hydrogen) atoms. The van der Waals surface area contributed by atoms with Gasteiger partial charge < -0.3 is 4.57 Å². The second-order valence-corrected chi connectivity index (χ2v) is 4.72. The Morgan fingerprint density at radius 2 is 2.00 bits per heavy atom. The van der Waals surface area contributed by atoms with Crippen LogP contribution in [0.3, 0.4) is 0 Å². The van der Waals surface area contributed by atoms with Crippen LogP contribution in [0.1, 0.15) is 31.2 Å². The summed E-state index contributed by atoms with van der Waals surface area (Å²) >= 11 is 4.13. The third-order valence-corrected chi connectivity index (χ3v) is 3.13. The molecule has 100 valence electrons. The van der Waals surface area contributed by atoms with E-state index in [1.807, 2.05) is 0 Å². The molecule has 0 N–H and O–H groups in total. The van der Waals surface area contributed by atoms with Gasteiger partial charge in [-0.05, 0) is 25.5 Å². The zero-order valence-corrected chi connectivity index (χ0v) is 11.4. The Bertz CT molecular complexity index is 471. The number of aryl methyl sites for hydroxylation is 2. The van der Waals surface area contributed by atoms with Crippen molar-refractivity contribution in [3.05, 3.63) is 38.3 Å². The molecule has 0 spiro atoms. The van der Waals surface area contributed by atoms with Crippen molar-refractivity contribution in [1.82, 2.24) is 4.57 Å². The van der Waals surface area contributed by atoms with E-state index in [1.165, 1.54) is 16.8 Å². The number of nitro groups is 1. The van der Waals surface area contributed by atoms with Crippen LogP contribution < -0.4 is 5.56 Å². The number of hydrogen-bond donors (Lipinski definition) is 1. The van der Waals surface area contributed by atoms with Crippen molar-refractivity contribution in [3.8, 4) is 0 Å². The van der Waals surface area contributed by atoms with E-state index in [9.17, 15) is 14.9 Å². The van der Waals surface area contributed by atoms with Gasteiger partial charge >= 0.3 is 0 Å². The molecule has 5 nitrogen and oxygen atoms in total. The number of unbranched alkanes of at least 4 members (excludes halogenated alkanes) is 3. The van der Waals surface area contributed by atoms with Crippen molar-refractivity contribution < 1.29 is 4.92 Å². The molecule has 0 saturated carbocycles. The summed E-state index contributed by atoms with van der Waals surface area (Å²) in [5.74, 6) is 0.871. The number of hydrogen-bond acceptors (Lipinski definition) is 4. The number of thiol groups is 1. The molecule has 0 fully saturated rings. The standard InChI is InChI=1S/C12H18N2O3S/c1-10-8-12(15)13(9-11(10)14(16)17)6-4-2-3-5-7-18/h8-9,18H,2-7H2,1H3. The monoisotopic (exact) mass is 270 g/mol. The molecular formula is C12H18N2O3S. The normalized spacial score (nSPS) is 10.6. The first-order valence-corrected chi connectivity index (χ1v) is 6.66. The SMILES string of the molecule is Cc1cc(=O)n(CCCCCCS)cc1[N+](=O)[O-]. The molecule has 0 aliphatic heterocycles. The minimum atomic E-state index is -0.452. The van der Waals surface area contributed by atoms with Crippen LogP contribution in [0.2, 0.25) is 0 Å². The summed E-state index contributed by atoms with van der Waals surface area (Å²) in [6.45, 7) is 2.11. The summed E-state index contributed by atoms with van der Waals surface area (Å²) in [4.78, 5) is 22.0. The van der Waals surface area contributed by atoms with Crippen molar-refractivity contribution in [1.29, 1.82) is 0 Å². The molecule has 6 heteroatoms. The predicted octanol–water partition coefficient (Wildman–Crippen LogP) is 2.56. The second kappa shape index (κ2) is 7.20. The number of nitrogens with zero attached hydrogens (tertiary/aromatic N) is 2. The first-order valence-electron chi connectivity index (χ1n) is 6.02. The fourth-order valence-electron chi connectivity index (χ4n) is 1.77. The lowest BCUT2D eigenvalue weighted by molar-refractivity contribution is -0.385. The average Bonchev–Trinajstić information content (AvgIpc) is 2.30. The van der Waals surface area contributed by atoms with Gasteiger partial charge in [0.1, 0.15) is 0 Å². The molecule has 0 aliphatic carbocycles. The number of rotatable bonds is 7. The van der Waals surface area contributed by atoms with E-state index in [0.29, 0.717) is 12.1 Å². The quantitative estimate of drug-likeness (QED) is 0.358. The fraction of sp³-hybridized carbons (Fsp3) is 0.583. The van der Waals surface area contributed by atoms with Gasteiger partial charge in [-0.1, -0.05) is 12.8 Å². The molecule has 0 bridgehead atoms. The molecule has 0 saturated heterocycles. The van der Waals surface area contributed by atoms with Gasteiger partial charge in [-0.25, -0.2) is 0 Å². The third-order valence-electron chi connectivity index (χ3n) is 2.81. The van der Waals surface area contributed by atoms with Gasteiger partial charge in [0.15, 0.2) is 0 Å². The lowest BCUT2D eigenvalue weighted by atomic mass is 10.2. The molecule has 1 rings (SSSR count). The van der Waals surface area contributed by atoms with Crippen LogP contribution in [0.5, 0.6) is 0 Å². The van der Waals surface area contributed by atoms with Crippen LogP contribution in [0.15, 0.2) is 17.1 Å². The van der Waals surface area contributed by atoms with Crippen molar-refractivity contribution in [3.63, 3.8) is 0 Å². The zero-order valence-electron chi connectivity index (χ0n) is 10.5. The lowest BCUT2D eigenvalue weighted by Gasteiger charge is -2.06. The second-order valence-electron chi connectivity index (χ2n) is 4.27. The minimum Gasteiger partial charge on any atom is -0.309 e. The average molecular weight is 270 g/mol. The van der Waals surface area contributed by atoms with Crippen LogP contribution in [-0.2, 0) is 6.54 Å². The van der Waals surface area contributed by atoms with Crippen LogP contribution >= 0.6 is 12.6 Å². The largest absolute Gasteiger partial charge is 0.309 e. The highest BCUT2D eigenvalue weighted by molar-refractivity contribution is 7.80. The van der Waals surface area contributed by atoms with E-state index >= 15 is 0 Å². The molecule has 1 heterocycles. The van der Waals surface area contributed by atoms with Crippen molar-refractivity contribution in [2.75, 3.05) is 5.75 Å². The van der Waals surface area contributed by atoms with E-state index in [-0.39, 0.29) is 11.2 Å². The van der Waals surface area contributed by atoms with Gasteiger partial charge in [0.25, 0.3) is 11.2 Å². The van der Waals surface area contributed by atoms with Gasteiger partial charge in [0.2, 0.25) is 0 Å². The van der Waals surface area contributed by atoms with Crippen molar-refractivity contribution >= 4 is 18.3 Å².